The Morgan fingerprint density at radius 1 is 1.41 bits per heavy atom. The molecule has 3 rings (SSSR count). The summed E-state index contributed by atoms with van der Waals surface area (Å²) >= 11 is 5.89. The molecule has 0 bridgehead atoms. The van der Waals surface area contributed by atoms with Crippen LogP contribution in [0.4, 0.5) is 0 Å². The molecule has 1 fully saturated rings. The van der Waals surface area contributed by atoms with Gasteiger partial charge in [0.2, 0.25) is 0 Å². The van der Waals surface area contributed by atoms with Crippen LogP contribution < -0.4 is 0 Å². The van der Waals surface area contributed by atoms with Crippen molar-refractivity contribution in [1.82, 2.24) is 9.55 Å². The zero-order chi connectivity index (χ0) is 11.8. The van der Waals surface area contributed by atoms with Gasteiger partial charge in [-0.15, -0.1) is 11.6 Å². The lowest BCUT2D eigenvalue weighted by molar-refractivity contribution is 0.313. The highest BCUT2D eigenvalue weighted by Gasteiger charge is 2.24. The number of rotatable bonds is 3. The van der Waals surface area contributed by atoms with Gasteiger partial charge in [0.25, 0.3) is 0 Å². The topological polar surface area (TPSA) is 17.8 Å². The Hall–Kier alpha value is -1.02. The highest BCUT2D eigenvalue weighted by molar-refractivity contribution is 6.17. The Balaban J connectivity index is 2.21. The van der Waals surface area contributed by atoms with Gasteiger partial charge in [-0.1, -0.05) is 12.1 Å². The van der Waals surface area contributed by atoms with E-state index in [1.807, 2.05) is 0 Å². The fourth-order valence-electron chi connectivity index (χ4n) is 2.67. The fraction of sp³-hybridized carbons (Fsp3) is 0.500. The third kappa shape index (κ3) is 1.75. The van der Waals surface area contributed by atoms with E-state index in [0.717, 1.165) is 17.8 Å². The van der Waals surface area contributed by atoms with Gasteiger partial charge < -0.3 is 4.57 Å². The number of aromatic nitrogens is 2. The summed E-state index contributed by atoms with van der Waals surface area (Å²) < 4.78 is 2.44. The summed E-state index contributed by atoms with van der Waals surface area (Å²) in [7, 11) is 0. The van der Waals surface area contributed by atoms with E-state index in [2.05, 4.69) is 29.7 Å². The highest BCUT2D eigenvalue weighted by Crippen LogP contribution is 2.36. The van der Waals surface area contributed by atoms with Gasteiger partial charge in [-0.3, -0.25) is 0 Å². The van der Waals surface area contributed by atoms with Gasteiger partial charge in [0.05, 0.1) is 11.0 Å². The third-order valence-corrected chi connectivity index (χ3v) is 3.93. The average molecular weight is 249 g/mol. The molecule has 1 saturated carbocycles. The molecule has 17 heavy (non-hydrogen) atoms. The van der Waals surface area contributed by atoms with Crippen LogP contribution in [-0.2, 0) is 6.42 Å². The lowest BCUT2D eigenvalue weighted by Gasteiger charge is -2.29. The van der Waals surface area contributed by atoms with Gasteiger partial charge in [-0.05, 0) is 37.8 Å². The number of hydrogen-bond donors (Lipinski definition) is 0. The van der Waals surface area contributed by atoms with Crippen LogP contribution in [0.2, 0.25) is 0 Å². The second kappa shape index (κ2) is 4.34. The van der Waals surface area contributed by atoms with Crippen molar-refractivity contribution in [3.8, 4) is 0 Å². The Labute approximate surface area is 107 Å². The number of hydrogen-bond acceptors (Lipinski definition) is 1. The maximum Gasteiger partial charge on any atom is 0.111 e. The first-order valence-electron chi connectivity index (χ1n) is 6.33. The Bertz CT molecular complexity index is 540. The maximum absolute atomic E-state index is 5.89. The number of benzene rings is 1. The Kier molecular flexibility index (Phi) is 2.83. The predicted octanol–water partition coefficient (Wildman–Crippen LogP) is 3.85. The summed E-state index contributed by atoms with van der Waals surface area (Å²) in [5.74, 6) is 1.81. The molecule has 0 spiro atoms. The van der Waals surface area contributed by atoms with Crippen LogP contribution in [0, 0.1) is 6.92 Å². The Morgan fingerprint density at radius 2 is 2.24 bits per heavy atom. The number of para-hydroxylation sites is 1. The number of aryl methyl sites for hydroxylation is 2. The quantitative estimate of drug-likeness (QED) is 0.755. The smallest absolute Gasteiger partial charge is 0.111 e. The van der Waals surface area contributed by atoms with Crippen LogP contribution in [0.3, 0.4) is 0 Å². The molecule has 0 N–H and O–H groups in total. The summed E-state index contributed by atoms with van der Waals surface area (Å²) in [6.45, 7) is 2.17. The minimum atomic E-state index is 0.648. The molecule has 0 unspecified atom stereocenters. The van der Waals surface area contributed by atoms with Crippen LogP contribution in [0.15, 0.2) is 18.2 Å². The van der Waals surface area contributed by atoms with E-state index in [1.165, 1.54) is 30.3 Å². The van der Waals surface area contributed by atoms with Gasteiger partial charge >= 0.3 is 0 Å². The molecule has 1 aromatic carbocycles. The van der Waals surface area contributed by atoms with Crippen molar-refractivity contribution in [1.29, 1.82) is 0 Å². The first-order valence-corrected chi connectivity index (χ1v) is 6.87. The summed E-state index contributed by atoms with van der Waals surface area (Å²) in [5.41, 5.74) is 3.76. The number of halogens is 1. The van der Waals surface area contributed by atoms with E-state index in [1.54, 1.807) is 0 Å². The number of imidazole rings is 1. The normalized spacial score (nSPS) is 16.4. The van der Waals surface area contributed by atoms with E-state index in [-0.39, 0.29) is 0 Å². The van der Waals surface area contributed by atoms with Crippen molar-refractivity contribution >= 4 is 22.6 Å². The van der Waals surface area contributed by atoms with Crippen LogP contribution in [0.25, 0.3) is 11.0 Å². The highest BCUT2D eigenvalue weighted by atomic mass is 35.5. The predicted molar refractivity (Wildman–Crippen MR) is 71.8 cm³/mol. The molecular weight excluding hydrogens is 232 g/mol. The molecule has 1 aliphatic rings. The van der Waals surface area contributed by atoms with Crippen LogP contribution in [0.5, 0.6) is 0 Å². The van der Waals surface area contributed by atoms with Crippen molar-refractivity contribution in [2.24, 2.45) is 0 Å². The van der Waals surface area contributed by atoms with Crippen molar-refractivity contribution in [3.05, 3.63) is 29.6 Å². The largest absolute Gasteiger partial charge is 0.325 e. The third-order valence-electron chi connectivity index (χ3n) is 3.74. The maximum atomic E-state index is 5.89. The first kappa shape index (κ1) is 11.1. The molecule has 1 aromatic heterocycles. The molecule has 0 aliphatic heterocycles. The number of alkyl halides is 1. The standard InChI is InChI=1S/C14H17ClN2/c1-10-4-2-7-12-14(10)17(11-5-3-6-11)13(16-12)8-9-15/h2,4,7,11H,3,5-6,8-9H2,1H3. The lowest BCUT2D eigenvalue weighted by atomic mass is 9.92. The molecule has 1 heterocycles. The molecule has 0 atom stereocenters. The minimum absolute atomic E-state index is 0.648. The van der Waals surface area contributed by atoms with E-state index in [9.17, 15) is 0 Å². The van der Waals surface area contributed by atoms with E-state index in [0.29, 0.717) is 11.9 Å². The number of nitrogens with zero attached hydrogens (tertiary/aromatic N) is 2. The Morgan fingerprint density at radius 3 is 2.88 bits per heavy atom. The average Bonchev–Trinajstić information content (AvgIpc) is 2.57. The molecule has 3 heteroatoms. The molecule has 1 aliphatic carbocycles. The van der Waals surface area contributed by atoms with Gasteiger partial charge in [0.1, 0.15) is 5.82 Å². The molecule has 90 valence electrons. The number of fused-ring (bicyclic) bond motifs is 1. The van der Waals surface area contributed by atoms with Gasteiger partial charge in [-0.2, -0.15) is 0 Å². The molecule has 2 aromatic rings. The van der Waals surface area contributed by atoms with Crippen molar-refractivity contribution in [3.63, 3.8) is 0 Å². The van der Waals surface area contributed by atoms with Crippen molar-refractivity contribution < 1.29 is 0 Å². The molecule has 0 radical (unpaired) electrons. The van der Waals surface area contributed by atoms with E-state index >= 15 is 0 Å². The zero-order valence-electron chi connectivity index (χ0n) is 10.1. The molecular formula is C14H17ClN2. The summed E-state index contributed by atoms with van der Waals surface area (Å²) in [5, 5.41) is 0. The summed E-state index contributed by atoms with van der Waals surface area (Å²) in [6, 6.07) is 7.01. The first-order chi connectivity index (χ1) is 8.31. The van der Waals surface area contributed by atoms with Crippen LogP contribution in [0.1, 0.15) is 36.7 Å². The van der Waals surface area contributed by atoms with Crippen molar-refractivity contribution in [2.45, 2.75) is 38.6 Å². The second-order valence-electron chi connectivity index (χ2n) is 4.86. The zero-order valence-corrected chi connectivity index (χ0v) is 10.9. The summed E-state index contributed by atoms with van der Waals surface area (Å²) in [4.78, 5) is 4.74. The monoisotopic (exact) mass is 248 g/mol. The van der Waals surface area contributed by atoms with Gasteiger partial charge in [0.15, 0.2) is 0 Å². The minimum Gasteiger partial charge on any atom is -0.325 e. The fourth-order valence-corrected chi connectivity index (χ4v) is 2.84. The van der Waals surface area contributed by atoms with E-state index in [4.69, 9.17) is 16.6 Å². The molecule has 0 amide bonds. The molecule has 2 nitrogen and oxygen atoms in total. The van der Waals surface area contributed by atoms with Gasteiger partial charge in [-0.25, -0.2) is 4.98 Å². The van der Waals surface area contributed by atoms with E-state index < -0.39 is 0 Å². The van der Waals surface area contributed by atoms with Crippen molar-refractivity contribution in [2.75, 3.05) is 5.88 Å². The molecule has 0 saturated heterocycles. The van der Waals surface area contributed by atoms with Gasteiger partial charge in [0, 0.05) is 18.3 Å². The van der Waals surface area contributed by atoms with Crippen LogP contribution in [-0.4, -0.2) is 15.4 Å². The summed E-state index contributed by atoms with van der Waals surface area (Å²) in [6.07, 6.45) is 4.78. The van der Waals surface area contributed by atoms with Crippen LogP contribution >= 0.6 is 11.6 Å². The lowest BCUT2D eigenvalue weighted by Crippen LogP contribution is -2.19. The second-order valence-corrected chi connectivity index (χ2v) is 5.24. The SMILES string of the molecule is Cc1cccc2nc(CCCl)n(C3CCC3)c12.